The Kier molecular flexibility index (Phi) is 10.4. The highest BCUT2D eigenvalue weighted by atomic mass is 32.2. The van der Waals surface area contributed by atoms with Crippen LogP contribution in [0.1, 0.15) is 56.2 Å². The van der Waals surface area contributed by atoms with E-state index in [1.165, 1.54) is 11.1 Å². The van der Waals surface area contributed by atoms with Crippen molar-refractivity contribution in [3.05, 3.63) is 69.2 Å². The third kappa shape index (κ3) is 8.42. The van der Waals surface area contributed by atoms with E-state index in [-0.39, 0.29) is 11.5 Å². The molecule has 1 aromatic heterocycles. The second-order valence-electron chi connectivity index (χ2n) is 9.99. The van der Waals surface area contributed by atoms with Crippen molar-refractivity contribution in [3.63, 3.8) is 0 Å². The highest BCUT2D eigenvalue weighted by molar-refractivity contribution is 8.03. The zero-order valence-electron chi connectivity index (χ0n) is 23.5. The molecule has 12 heteroatoms. The van der Waals surface area contributed by atoms with E-state index in [2.05, 4.69) is 78.8 Å². The molecule has 0 atom stereocenters. The molecular formula is C29H37N2O6S4+. The van der Waals surface area contributed by atoms with Gasteiger partial charge in [-0.05, 0) is 66.7 Å². The molecule has 8 nitrogen and oxygen atoms in total. The van der Waals surface area contributed by atoms with E-state index < -0.39 is 20.2 Å². The molecular weight excluding hydrogens is 601 g/mol. The van der Waals surface area contributed by atoms with Crippen LogP contribution in [0.25, 0.3) is 16.3 Å². The maximum absolute atomic E-state index is 11.4. The van der Waals surface area contributed by atoms with Crippen LogP contribution >= 0.6 is 23.1 Å². The summed E-state index contributed by atoms with van der Waals surface area (Å²) in [5.41, 5.74) is 5.54. The summed E-state index contributed by atoms with van der Waals surface area (Å²) >= 11 is 3.29. The number of hydrogen-bond acceptors (Lipinski definition) is 7. The Labute approximate surface area is 251 Å². The first-order valence-electron chi connectivity index (χ1n) is 13.8. The Morgan fingerprint density at radius 3 is 2.24 bits per heavy atom. The van der Waals surface area contributed by atoms with Gasteiger partial charge in [-0.2, -0.15) is 21.4 Å². The van der Waals surface area contributed by atoms with Gasteiger partial charge in [0.25, 0.3) is 25.2 Å². The molecule has 0 amide bonds. The molecule has 41 heavy (non-hydrogen) atoms. The number of aryl methyl sites for hydroxylation is 3. The van der Waals surface area contributed by atoms with E-state index >= 15 is 0 Å². The molecule has 0 fully saturated rings. The molecule has 2 aromatic carbocycles. The lowest BCUT2D eigenvalue weighted by atomic mass is 10.1. The van der Waals surface area contributed by atoms with Gasteiger partial charge < -0.3 is 4.90 Å². The van der Waals surface area contributed by atoms with Crippen molar-refractivity contribution in [2.75, 3.05) is 23.0 Å². The van der Waals surface area contributed by atoms with Gasteiger partial charge in [-0.15, -0.1) is 0 Å². The number of anilines is 1. The lowest BCUT2D eigenvalue weighted by Crippen LogP contribution is -2.36. The summed E-state index contributed by atoms with van der Waals surface area (Å²) in [6.45, 7) is 7.18. The predicted molar refractivity (Wildman–Crippen MR) is 169 cm³/mol. The summed E-state index contributed by atoms with van der Waals surface area (Å²) < 4.78 is 67.4. The monoisotopic (exact) mass is 637 g/mol. The minimum Gasteiger partial charge on any atom is -0.335 e. The van der Waals surface area contributed by atoms with Crippen molar-refractivity contribution in [2.24, 2.45) is 0 Å². The maximum atomic E-state index is 11.4. The van der Waals surface area contributed by atoms with Gasteiger partial charge in [-0.3, -0.25) is 9.11 Å². The molecule has 0 aliphatic carbocycles. The Morgan fingerprint density at radius 1 is 0.927 bits per heavy atom. The zero-order chi connectivity index (χ0) is 29.8. The number of aromatic nitrogens is 1. The van der Waals surface area contributed by atoms with Crippen molar-refractivity contribution in [1.82, 2.24) is 0 Å². The average molecular weight is 638 g/mol. The first-order chi connectivity index (χ1) is 19.4. The molecule has 4 rings (SSSR count). The lowest BCUT2D eigenvalue weighted by Gasteiger charge is -2.21. The molecule has 0 radical (unpaired) electrons. The number of fused-ring (bicyclic) bond motifs is 2. The molecule has 0 saturated carbocycles. The molecule has 1 aliphatic heterocycles. The van der Waals surface area contributed by atoms with E-state index in [0.717, 1.165) is 55.7 Å². The molecule has 0 spiro atoms. The number of nitrogens with zero attached hydrogens (tertiary/aromatic N) is 2. The van der Waals surface area contributed by atoms with Gasteiger partial charge in [0.2, 0.25) is 5.52 Å². The fourth-order valence-corrected chi connectivity index (χ4v) is 8.06. The SMILES string of the molecule is CCC(=Cc1sc2ccc(CC)cc2[n+]1CCCS(=O)(=O)O)C=C1Sc2ccc(CC)cc2N1CCCS(=O)(=O)O. The molecule has 0 unspecified atom stereocenters. The van der Waals surface area contributed by atoms with E-state index in [1.807, 2.05) is 0 Å². The van der Waals surface area contributed by atoms with Crippen LogP contribution in [0.4, 0.5) is 5.69 Å². The van der Waals surface area contributed by atoms with Crippen LogP contribution in [0, 0.1) is 0 Å². The van der Waals surface area contributed by atoms with E-state index in [4.69, 9.17) is 0 Å². The lowest BCUT2D eigenvalue weighted by molar-refractivity contribution is -0.668. The van der Waals surface area contributed by atoms with Crippen LogP contribution in [0.5, 0.6) is 0 Å². The smallest absolute Gasteiger partial charge is 0.265 e. The largest absolute Gasteiger partial charge is 0.335 e. The van der Waals surface area contributed by atoms with Crippen molar-refractivity contribution >= 4 is 65.3 Å². The van der Waals surface area contributed by atoms with Crippen LogP contribution in [0.2, 0.25) is 0 Å². The third-order valence-electron chi connectivity index (χ3n) is 7.00. The number of hydrogen-bond donors (Lipinski definition) is 2. The molecule has 1 aliphatic rings. The molecule has 2 N–H and O–H groups in total. The van der Waals surface area contributed by atoms with Gasteiger partial charge in [-0.25, -0.2) is 0 Å². The summed E-state index contributed by atoms with van der Waals surface area (Å²) in [6.07, 6.45) is 7.38. The average Bonchev–Trinajstić information content (AvgIpc) is 3.43. The predicted octanol–water partition coefficient (Wildman–Crippen LogP) is 6.12. The molecule has 3 aromatic rings. The van der Waals surface area contributed by atoms with Gasteiger partial charge in [0.15, 0.2) is 6.54 Å². The second kappa shape index (κ2) is 13.4. The van der Waals surface area contributed by atoms with Gasteiger partial charge in [0, 0.05) is 30.0 Å². The van der Waals surface area contributed by atoms with Gasteiger partial charge in [0.05, 0.1) is 22.2 Å². The van der Waals surface area contributed by atoms with E-state index in [0.29, 0.717) is 25.9 Å². The first-order valence-corrected chi connectivity index (χ1v) is 18.6. The fourth-order valence-electron chi connectivity index (χ4n) is 4.78. The van der Waals surface area contributed by atoms with Crippen LogP contribution in [-0.2, 0) is 39.6 Å². The minimum atomic E-state index is -4.05. The van der Waals surface area contributed by atoms with Crippen LogP contribution in [-0.4, -0.2) is 44.0 Å². The number of rotatable bonds is 13. The summed E-state index contributed by atoms with van der Waals surface area (Å²) in [5, 5.41) is 1.98. The van der Waals surface area contributed by atoms with Crippen LogP contribution in [0.3, 0.4) is 0 Å². The summed E-state index contributed by atoms with van der Waals surface area (Å²) in [7, 11) is -8.10. The standard InChI is InChI=1S/C29H36N2O6S4/c1-4-21-9-11-26-24(17-21)30(13-7-15-40(32,33)34)28(38-26)19-23(6-3)20-29-31(14-8-16-41(35,36)37)25-18-22(5-2)10-12-27(25)39-29/h9-12,17-20H,4-8,13-16H2,1-3H3,(H-,32,33,34,35,36,37)/p+1. The number of allylic oxidation sites excluding steroid dienone is 2. The second-order valence-corrected chi connectivity index (χ2v) is 15.3. The number of thioether (sulfide) groups is 1. The summed E-state index contributed by atoms with van der Waals surface area (Å²) in [4.78, 5) is 3.23. The van der Waals surface area contributed by atoms with Gasteiger partial charge in [-0.1, -0.05) is 56.0 Å². The number of thiazole rings is 1. The van der Waals surface area contributed by atoms with Gasteiger partial charge in [0.1, 0.15) is 4.70 Å². The topological polar surface area (TPSA) is 116 Å². The van der Waals surface area contributed by atoms with E-state index in [9.17, 15) is 25.9 Å². The minimum absolute atomic E-state index is 0.293. The normalized spacial score (nSPS) is 15.3. The molecule has 0 bridgehead atoms. The Hall–Kier alpha value is -2.22. The number of benzene rings is 2. The van der Waals surface area contributed by atoms with Crippen LogP contribution in [0.15, 0.2) is 58.0 Å². The summed E-state index contributed by atoms with van der Waals surface area (Å²) in [5.74, 6) is -0.600. The Balaban J connectivity index is 1.73. The van der Waals surface area contributed by atoms with Crippen molar-refractivity contribution in [2.45, 2.75) is 64.3 Å². The highest BCUT2D eigenvalue weighted by Gasteiger charge is 2.26. The first kappa shape index (κ1) is 31.7. The fraction of sp³-hybridized carbons (Fsp3) is 0.414. The summed E-state index contributed by atoms with van der Waals surface area (Å²) in [6, 6.07) is 12.7. The molecule has 222 valence electrons. The van der Waals surface area contributed by atoms with Crippen molar-refractivity contribution in [3.8, 4) is 0 Å². The van der Waals surface area contributed by atoms with Gasteiger partial charge >= 0.3 is 0 Å². The maximum Gasteiger partial charge on any atom is 0.265 e. The van der Waals surface area contributed by atoms with Crippen molar-refractivity contribution in [1.29, 1.82) is 0 Å². The highest BCUT2D eigenvalue weighted by Crippen LogP contribution is 2.47. The van der Waals surface area contributed by atoms with Crippen molar-refractivity contribution < 1.29 is 30.5 Å². The van der Waals surface area contributed by atoms with E-state index in [1.54, 1.807) is 23.1 Å². The van der Waals surface area contributed by atoms with Crippen LogP contribution < -0.4 is 9.47 Å². The molecule has 2 heterocycles. The Morgan fingerprint density at radius 2 is 1.59 bits per heavy atom. The zero-order valence-corrected chi connectivity index (χ0v) is 26.8. The Bertz CT molecular complexity index is 1690. The third-order valence-corrected chi connectivity index (χ3v) is 10.8. The molecule has 0 saturated heterocycles. The quantitative estimate of drug-likeness (QED) is 0.170.